The molecule has 1 aromatic carbocycles. The highest BCUT2D eigenvalue weighted by Gasteiger charge is 2.44. The molecule has 2 aromatic rings. The van der Waals surface area contributed by atoms with E-state index in [1.807, 2.05) is 17.0 Å². The number of benzene rings is 1. The summed E-state index contributed by atoms with van der Waals surface area (Å²) in [4.78, 5) is 15.0. The Morgan fingerprint density at radius 3 is 2.89 bits per heavy atom. The number of carbonyl (C=O) groups is 1. The van der Waals surface area contributed by atoms with E-state index in [9.17, 15) is 9.90 Å². The zero-order valence-electron chi connectivity index (χ0n) is 15.6. The van der Waals surface area contributed by atoms with Gasteiger partial charge in [-0.25, -0.2) is 0 Å². The third kappa shape index (κ3) is 3.18. The van der Waals surface area contributed by atoms with E-state index in [0.29, 0.717) is 47.8 Å². The summed E-state index contributed by atoms with van der Waals surface area (Å²) in [5.41, 5.74) is 2.81. The Bertz CT molecular complexity index is 899. The van der Waals surface area contributed by atoms with Crippen LogP contribution in [0.15, 0.2) is 24.3 Å². The molecule has 1 amide bonds. The number of hydrogen-bond acceptors (Lipinski definition) is 4. The van der Waals surface area contributed by atoms with Crippen molar-refractivity contribution >= 4 is 17.5 Å². The highest BCUT2D eigenvalue weighted by atomic mass is 35.5. The average molecular weight is 402 g/mol. The molecule has 0 unspecified atom stereocenters. The van der Waals surface area contributed by atoms with Crippen molar-refractivity contribution in [3.05, 3.63) is 46.2 Å². The lowest BCUT2D eigenvalue weighted by molar-refractivity contribution is -0.0231. The van der Waals surface area contributed by atoms with Crippen LogP contribution in [-0.4, -0.2) is 51.4 Å². The Morgan fingerprint density at radius 1 is 1.25 bits per heavy atom. The Morgan fingerprint density at radius 2 is 2.07 bits per heavy atom. The molecular formula is C21H24ClN3O3. The predicted molar refractivity (Wildman–Crippen MR) is 105 cm³/mol. The number of H-pyrrole nitrogens is 1. The normalized spacial score (nSPS) is 28.9. The maximum atomic E-state index is 13.0. The van der Waals surface area contributed by atoms with E-state index in [0.717, 1.165) is 36.9 Å². The van der Waals surface area contributed by atoms with Crippen LogP contribution >= 0.6 is 11.6 Å². The third-order valence-electron chi connectivity index (χ3n) is 6.46. The molecule has 2 aliphatic carbocycles. The Balaban J connectivity index is 1.27. The number of aliphatic hydroxyl groups is 1. The number of fused-ring (bicyclic) bond motifs is 2. The third-order valence-corrected chi connectivity index (χ3v) is 6.70. The summed E-state index contributed by atoms with van der Waals surface area (Å²) in [6.45, 7) is 1.39. The van der Waals surface area contributed by atoms with Gasteiger partial charge in [0.1, 0.15) is 11.9 Å². The van der Waals surface area contributed by atoms with Crippen LogP contribution in [0.4, 0.5) is 0 Å². The maximum Gasteiger partial charge on any atom is 0.274 e. The van der Waals surface area contributed by atoms with E-state index >= 15 is 0 Å². The Hall–Kier alpha value is -2.05. The number of hydrogen-bond donors (Lipinski definition) is 2. The molecule has 1 saturated carbocycles. The van der Waals surface area contributed by atoms with Crippen LogP contribution in [0.3, 0.4) is 0 Å². The van der Waals surface area contributed by atoms with Gasteiger partial charge in [-0.3, -0.25) is 9.89 Å². The zero-order valence-corrected chi connectivity index (χ0v) is 16.4. The number of aliphatic hydroxyl groups excluding tert-OH is 1. The van der Waals surface area contributed by atoms with Crippen molar-refractivity contribution in [1.29, 1.82) is 0 Å². The fourth-order valence-corrected chi connectivity index (χ4v) is 5.22. The highest BCUT2D eigenvalue weighted by Crippen LogP contribution is 2.39. The van der Waals surface area contributed by atoms with Crippen LogP contribution in [0, 0.1) is 11.8 Å². The number of ether oxygens (including phenoxy) is 1. The number of aromatic nitrogens is 2. The van der Waals surface area contributed by atoms with Gasteiger partial charge in [0.2, 0.25) is 0 Å². The first-order chi connectivity index (χ1) is 13.6. The largest absolute Gasteiger partial charge is 0.488 e. The van der Waals surface area contributed by atoms with Gasteiger partial charge in [0.25, 0.3) is 5.91 Å². The minimum Gasteiger partial charge on any atom is -0.488 e. The molecule has 5 rings (SSSR count). The second-order valence-corrected chi connectivity index (χ2v) is 8.70. The predicted octanol–water partition coefficient (Wildman–Crippen LogP) is 2.84. The summed E-state index contributed by atoms with van der Waals surface area (Å²) >= 11 is 6.04. The number of amides is 1. The first kappa shape index (κ1) is 18.0. The van der Waals surface area contributed by atoms with E-state index in [1.54, 1.807) is 12.1 Å². The fourth-order valence-electron chi connectivity index (χ4n) is 5.04. The maximum absolute atomic E-state index is 13.0. The molecule has 1 aliphatic heterocycles. The van der Waals surface area contributed by atoms with E-state index in [4.69, 9.17) is 16.3 Å². The summed E-state index contributed by atoms with van der Waals surface area (Å²) in [6, 6.07) is 7.26. The van der Waals surface area contributed by atoms with E-state index in [-0.39, 0.29) is 12.0 Å². The molecule has 6 nitrogen and oxygen atoms in total. The van der Waals surface area contributed by atoms with Crippen LogP contribution < -0.4 is 4.74 Å². The molecule has 4 atom stereocenters. The van der Waals surface area contributed by atoms with Crippen molar-refractivity contribution in [3.63, 3.8) is 0 Å². The number of likely N-dealkylation sites (tertiary alicyclic amines) is 1. The SMILES string of the molecule is O=C(c1n[nH]c2c1CCC2)N1C[C@H]2C[C@@H](Oc3cccc(Cl)c3)[C@H](O)C[C@H]2C1. The Labute approximate surface area is 168 Å². The van der Waals surface area contributed by atoms with Crippen molar-refractivity contribution in [2.45, 2.75) is 44.3 Å². The van der Waals surface area contributed by atoms with Crippen LogP contribution in [-0.2, 0) is 12.8 Å². The van der Waals surface area contributed by atoms with Gasteiger partial charge >= 0.3 is 0 Å². The lowest BCUT2D eigenvalue weighted by Gasteiger charge is -2.35. The highest BCUT2D eigenvalue weighted by molar-refractivity contribution is 6.30. The van der Waals surface area contributed by atoms with Crippen molar-refractivity contribution in [2.24, 2.45) is 11.8 Å². The molecule has 3 aliphatic rings. The summed E-state index contributed by atoms with van der Waals surface area (Å²) in [7, 11) is 0. The molecule has 28 heavy (non-hydrogen) atoms. The van der Waals surface area contributed by atoms with Crippen LogP contribution in [0.5, 0.6) is 5.75 Å². The number of aromatic amines is 1. The number of rotatable bonds is 3. The summed E-state index contributed by atoms with van der Waals surface area (Å²) in [5.74, 6) is 1.34. The minimum atomic E-state index is -0.537. The summed E-state index contributed by atoms with van der Waals surface area (Å²) in [5, 5.41) is 18.5. The first-order valence-electron chi connectivity index (χ1n) is 10.0. The molecule has 2 N–H and O–H groups in total. The van der Waals surface area contributed by atoms with Crippen LogP contribution in [0.1, 0.15) is 41.0 Å². The average Bonchev–Trinajstić information content (AvgIpc) is 3.36. The van der Waals surface area contributed by atoms with E-state index in [1.165, 1.54) is 0 Å². The number of nitrogens with one attached hydrogen (secondary N) is 1. The standard InChI is InChI=1S/C21H24ClN3O3/c22-14-3-1-4-15(9-14)28-19-8-13-11-25(10-12(13)7-18(19)26)21(27)20-16-5-2-6-17(16)23-24-20/h1,3-4,9,12-13,18-19,26H,2,5-8,10-11H2,(H,23,24)/t12-,13+,18+,19+/m0/s1. The van der Waals surface area contributed by atoms with Gasteiger partial charge in [0.05, 0.1) is 6.10 Å². The van der Waals surface area contributed by atoms with Gasteiger partial charge in [-0.2, -0.15) is 5.10 Å². The van der Waals surface area contributed by atoms with Gasteiger partial charge in [-0.15, -0.1) is 0 Å². The second-order valence-electron chi connectivity index (χ2n) is 8.27. The molecule has 0 bridgehead atoms. The van der Waals surface area contributed by atoms with Crippen molar-refractivity contribution in [2.75, 3.05) is 13.1 Å². The molecule has 1 saturated heterocycles. The molecule has 7 heteroatoms. The van der Waals surface area contributed by atoms with Crippen molar-refractivity contribution in [1.82, 2.24) is 15.1 Å². The second kappa shape index (κ2) is 7.08. The summed E-state index contributed by atoms with van der Waals surface area (Å²) < 4.78 is 6.03. The van der Waals surface area contributed by atoms with Crippen molar-refractivity contribution < 1.29 is 14.6 Å². The summed E-state index contributed by atoms with van der Waals surface area (Å²) in [6.07, 6.45) is 3.58. The molecule has 0 radical (unpaired) electrons. The number of halogens is 1. The first-order valence-corrected chi connectivity index (χ1v) is 10.4. The topological polar surface area (TPSA) is 78.5 Å². The van der Waals surface area contributed by atoms with Crippen LogP contribution in [0.25, 0.3) is 0 Å². The van der Waals surface area contributed by atoms with Crippen molar-refractivity contribution in [3.8, 4) is 5.75 Å². The lowest BCUT2D eigenvalue weighted by Crippen LogP contribution is -2.42. The molecule has 2 heterocycles. The smallest absolute Gasteiger partial charge is 0.274 e. The van der Waals surface area contributed by atoms with Gasteiger partial charge < -0.3 is 14.7 Å². The molecule has 1 aromatic heterocycles. The minimum absolute atomic E-state index is 0.0237. The van der Waals surface area contributed by atoms with E-state index in [2.05, 4.69) is 10.2 Å². The number of carbonyl (C=O) groups excluding carboxylic acids is 1. The van der Waals surface area contributed by atoms with Crippen LogP contribution in [0.2, 0.25) is 5.02 Å². The van der Waals surface area contributed by atoms with Gasteiger partial charge in [-0.05, 0) is 62.1 Å². The quantitative estimate of drug-likeness (QED) is 0.828. The molecular weight excluding hydrogens is 378 g/mol. The zero-order chi connectivity index (χ0) is 19.3. The lowest BCUT2D eigenvalue weighted by atomic mass is 9.78. The number of nitrogens with zero attached hydrogens (tertiary/aromatic N) is 2. The monoisotopic (exact) mass is 401 g/mol. The number of aryl methyl sites for hydroxylation is 1. The van der Waals surface area contributed by atoms with Gasteiger partial charge in [-0.1, -0.05) is 17.7 Å². The molecule has 2 fully saturated rings. The molecule has 148 valence electrons. The Kier molecular flexibility index (Phi) is 4.56. The molecule has 0 spiro atoms. The van der Waals surface area contributed by atoms with Gasteiger partial charge in [0, 0.05) is 29.4 Å². The van der Waals surface area contributed by atoms with Gasteiger partial charge in [0.15, 0.2) is 5.69 Å². The van der Waals surface area contributed by atoms with E-state index < -0.39 is 6.10 Å². The fraction of sp³-hybridized carbons (Fsp3) is 0.524.